The summed E-state index contributed by atoms with van der Waals surface area (Å²) in [4.78, 5) is 15.9. The molecule has 42 heavy (non-hydrogen) atoms. The standard InChI is InChI=1S/C35H50FN2O2S.BrH/c1-4-6-7-8-9-10-11-12-13-14-15-16-22-40-34-21-20-31(24-33(34)36)27-38(35(39)5-2)32-19-17-18-30(23-32)26-37-25-29(3)41-28-37;/h17-21,23-25,28H,4-16,22,26-27H2,1-3H3;1H/q+1;/p-1. The van der Waals surface area contributed by atoms with Gasteiger partial charge in [0.25, 0.3) is 0 Å². The van der Waals surface area contributed by atoms with Crippen LogP contribution in [0.3, 0.4) is 0 Å². The summed E-state index contributed by atoms with van der Waals surface area (Å²) in [7, 11) is 0. The molecule has 0 aliphatic carbocycles. The minimum Gasteiger partial charge on any atom is -1.00 e. The van der Waals surface area contributed by atoms with E-state index < -0.39 is 0 Å². The van der Waals surface area contributed by atoms with Crippen molar-refractivity contribution in [2.24, 2.45) is 0 Å². The molecule has 3 aromatic rings. The zero-order chi connectivity index (χ0) is 29.3. The van der Waals surface area contributed by atoms with Crippen molar-refractivity contribution in [1.29, 1.82) is 0 Å². The maximum Gasteiger partial charge on any atom is 0.227 e. The predicted molar refractivity (Wildman–Crippen MR) is 169 cm³/mol. The van der Waals surface area contributed by atoms with E-state index in [0.717, 1.165) is 36.2 Å². The molecule has 232 valence electrons. The Morgan fingerprint density at radius 2 is 1.55 bits per heavy atom. The van der Waals surface area contributed by atoms with E-state index >= 15 is 0 Å². The maximum absolute atomic E-state index is 14.9. The third-order valence-corrected chi connectivity index (χ3v) is 8.36. The number of halogens is 2. The van der Waals surface area contributed by atoms with E-state index in [0.29, 0.717) is 19.6 Å². The zero-order valence-corrected chi connectivity index (χ0v) is 28.3. The number of rotatable bonds is 20. The zero-order valence-electron chi connectivity index (χ0n) is 25.9. The van der Waals surface area contributed by atoms with E-state index in [2.05, 4.69) is 42.3 Å². The molecule has 0 saturated heterocycles. The average Bonchev–Trinajstić information content (AvgIpc) is 3.38. The minimum atomic E-state index is -0.372. The lowest BCUT2D eigenvalue weighted by Gasteiger charge is -2.23. The van der Waals surface area contributed by atoms with Crippen molar-refractivity contribution < 1.29 is 35.5 Å². The molecule has 2 aromatic carbocycles. The van der Waals surface area contributed by atoms with Gasteiger partial charge in [-0.1, -0.05) is 114 Å². The van der Waals surface area contributed by atoms with Gasteiger partial charge in [-0.25, -0.2) is 4.39 Å². The molecule has 0 aliphatic heterocycles. The normalized spacial score (nSPS) is 10.9. The summed E-state index contributed by atoms with van der Waals surface area (Å²) in [6.45, 7) is 7.80. The number of thiazole rings is 1. The number of aryl methyl sites for hydroxylation is 1. The summed E-state index contributed by atoms with van der Waals surface area (Å²) in [5.74, 6) is -0.0764. The molecule has 0 spiro atoms. The Bertz CT molecular complexity index is 1190. The van der Waals surface area contributed by atoms with Gasteiger partial charge in [-0.2, -0.15) is 4.57 Å². The van der Waals surface area contributed by atoms with Crippen LogP contribution in [0.1, 0.15) is 113 Å². The average molecular weight is 662 g/mol. The van der Waals surface area contributed by atoms with Crippen LogP contribution in [0.15, 0.2) is 54.2 Å². The second-order valence-corrected chi connectivity index (χ2v) is 12.2. The lowest BCUT2D eigenvalue weighted by atomic mass is 10.1. The highest BCUT2D eigenvalue weighted by molar-refractivity contribution is 7.09. The lowest BCUT2D eigenvalue weighted by Crippen LogP contribution is -3.00. The molecule has 1 amide bonds. The molecule has 0 saturated carbocycles. The number of amides is 1. The molecule has 1 aromatic heterocycles. The van der Waals surface area contributed by atoms with Crippen LogP contribution in [0.4, 0.5) is 10.1 Å². The van der Waals surface area contributed by atoms with Gasteiger partial charge in [0.2, 0.25) is 11.4 Å². The smallest absolute Gasteiger partial charge is 0.227 e. The molecule has 0 radical (unpaired) electrons. The summed E-state index contributed by atoms with van der Waals surface area (Å²) in [5.41, 5.74) is 4.79. The molecule has 0 bridgehead atoms. The Hall–Kier alpha value is -2.25. The number of nitrogens with zero attached hydrogens (tertiary/aromatic N) is 2. The fraction of sp³-hybridized carbons (Fsp3) is 0.543. The molecule has 0 unspecified atom stereocenters. The molecule has 0 atom stereocenters. The van der Waals surface area contributed by atoms with Crippen molar-refractivity contribution in [2.75, 3.05) is 11.5 Å². The molecule has 1 heterocycles. The summed E-state index contributed by atoms with van der Waals surface area (Å²) in [6, 6.07) is 13.1. The Kier molecular flexibility index (Phi) is 17.6. The van der Waals surface area contributed by atoms with E-state index in [1.54, 1.807) is 22.3 Å². The highest BCUT2D eigenvalue weighted by atomic mass is 79.9. The first-order valence-electron chi connectivity index (χ1n) is 15.7. The number of unbranched alkanes of at least 4 members (excludes halogenated alkanes) is 11. The number of benzene rings is 2. The van der Waals surface area contributed by atoms with Gasteiger partial charge < -0.3 is 26.6 Å². The summed E-state index contributed by atoms with van der Waals surface area (Å²) >= 11 is 1.71. The molecule has 3 rings (SSSR count). The minimum absolute atomic E-state index is 0. The van der Waals surface area contributed by atoms with Crippen molar-refractivity contribution in [3.63, 3.8) is 0 Å². The lowest BCUT2D eigenvalue weighted by molar-refractivity contribution is -0.683. The largest absolute Gasteiger partial charge is 1.00 e. The number of anilines is 1. The third-order valence-electron chi connectivity index (χ3n) is 7.50. The highest BCUT2D eigenvalue weighted by Crippen LogP contribution is 2.24. The quantitative estimate of drug-likeness (QED) is 0.102. The third kappa shape index (κ3) is 12.9. The first kappa shape index (κ1) is 35.9. The molecule has 7 heteroatoms. The van der Waals surface area contributed by atoms with Crippen LogP contribution < -0.4 is 31.2 Å². The summed E-state index contributed by atoms with van der Waals surface area (Å²) < 4.78 is 22.8. The maximum atomic E-state index is 14.9. The van der Waals surface area contributed by atoms with Gasteiger partial charge in [-0.3, -0.25) is 4.79 Å². The number of carbonyl (C=O) groups excluding carboxylic acids is 1. The van der Waals surface area contributed by atoms with Crippen molar-refractivity contribution in [3.05, 3.63) is 76.0 Å². The number of carbonyl (C=O) groups is 1. The molecule has 4 nitrogen and oxygen atoms in total. The SMILES string of the molecule is CCCCCCCCCCCCCCOc1ccc(CN(C(=O)CC)c2cccc(C[n+]3csc(C)c3)c2)cc1F.[Br-]. The summed E-state index contributed by atoms with van der Waals surface area (Å²) in [5, 5.41) is 0. The number of hydrogen-bond acceptors (Lipinski definition) is 3. The molecular weight excluding hydrogens is 611 g/mol. The van der Waals surface area contributed by atoms with Crippen molar-refractivity contribution in [1.82, 2.24) is 0 Å². The van der Waals surface area contributed by atoms with Crippen LogP contribution in [-0.2, 0) is 17.9 Å². The summed E-state index contributed by atoms with van der Waals surface area (Å²) in [6.07, 6.45) is 17.9. The van der Waals surface area contributed by atoms with Gasteiger partial charge in [0.05, 0.1) is 18.0 Å². The van der Waals surface area contributed by atoms with Gasteiger partial charge in [-0.05, 0) is 43.2 Å². The second kappa shape index (κ2) is 20.6. The highest BCUT2D eigenvalue weighted by Gasteiger charge is 2.17. The number of hydrogen-bond donors (Lipinski definition) is 0. The van der Waals surface area contributed by atoms with E-state index in [-0.39, 0.29) is 34.5 Å². The van der Waals surface area contributed by atoms with Crippen LogP contribution in [0.5, 0.6) is 5.75 Å². The Balaban J connectivity index is 0.00000616. The van der Waals surface area contributed by atoms with Crippen LogP contribution >= 0.6 is 11.3 Å². The van der Waals surface area contributed by atoms with Crippen molar-refractivity contribution in [3.8, 4) is 5.75 Å². The predicted octanol–water partition coefficient (Wildman–Crippen LogP) is 6.56. The fourth-order valence-corrected chi connectivity index (χ4v) is 5.78. The number of aromatic nitrogens is 1. The first-order chi connectivity index (χ1) is 20.0. The molecule has 0 fully saturated rings. The van der Waals surface area contributed by atoms with Gasteiger partial charge in [0.15, 0.2) is 24.3 Å². The first-order valence-corrected chi connectivity index (χ1v) is 16.6. The van der Waals surface area contributed by atoms with Crippen LogP contribution in [0.25, 0.3) is 0 Å². The van der Waals surface area contributed by atoms with Gasteiger partial charge in [0, 0.05) is 17.7 Å². The molecular formula is C35H50BrFN2O2S. The Morgan fingerprint density at radius 3 is 2.14 bits per heavy atom. The monoisotopic (exact) mass is 660 g/mol. The Labute approximate surface area is 268 Å². The van der Waals surface area contributed by atoms with Gasteiger partial charge >= 0.3 is 0 Å². The van der Waals surface area contributed by atoms with E-state index in [4.69, 9.17) is 4.74 Å². The fourth-order valence-electron chi connectivity index (χ4n) is 5.14. The van der Waals surface area contributed by atoms with Gasteiger partial charge in [0.1, 0.15) is 0 Å². The van der Waals surface area contributed by atoms with Gasteiger partial charge in [-0.15, -0.1) is 0 Å². The van der Waals surface area contributed by atoms with Crippen molar-refractivity contribution in [2.45, 2.75) is 117 Å². The molecule has 0 N–H and O–H groups in total. The van der Waals surface area contributed by atoms with Crippen LogP contribution in [0, 0.1) is 12.7 Å². The van der Waals surface area contributed by atoms with Crippen molar-refractivity contribution >= 4 is 22.9 Å². The second-order valence-electron chi connectivity index (χ2n) is 11.1. The van der Waals surface area contributed by atoms with E-state index in [9.17, 15) is 9.18 Å². The number of ether oxygens (including phenoxy) is 1. The van der Waals surface area contributed by atoms with E-state index in [1.807, 2.05) is 25.1 Å². The van der Waals surface area contributed by atoms with Crippen LogP contribution in [0.2, 0.25) is 0 Å². The van der Waals surface area contributed by atoms with Crippen LogP contribution in [-0.4, -0.2) is 12.5 Å². The Morgan fingerprint density at radius 1 is 0.881 bits per heavy atom. The molecule has 0 aliphatic rings. The van der Waals surface area contributed by atoms with E-state index in [1.165, 1.54) is 75.2 Å². The topological polar surface area (TPSA) is 33.4 Å².